The first-order valence-corrected chi connectivity index (χ1v) is 10.8. The number of likely N-dealkylation sites (tertiary alicyclic amines) is 1. The van der Waals surface area contributed by atoms with Crippen molar-refractivity contribution in [1.82, 2.24) is 9.88 Å². The number of hydrogen-bond acceptors (Lipinski definition) is 4. The maximum absolute atomic E-state index is 12.7. The molecule has 2 heterocycles. The van der Waals surface area contributed by atoms with Crippen LogP contribution >= 0.6 is 11.6 Å². The highest BCUT2D eigenvalue weighted by molar-refractivity contribution is 6.33. The number of benzene rings is 2. The zero-order chi connectivity index (χ0) is 21.6. The van der Waals surface area contributed by atoms with Crippen LogP contribution in [0.15, 0.2) is 65.2 Å². The van der Waals surface area contributed by atoms with E-state index >= 15 is 0 Å². The first-order chi connectivity index (χ1) is 15.1. The van der Waals surface area contributed by atoms with Gasteiger partial charge in [-0.05, 0) is 37.1 Å². The lowest BCUT2D eigenvalue weighted by atomic mass is 9.96. The van der Waals surface area contributed by atoms with Crippen LogP contribution in [0.2, 0.25) is 5.02 Å². The van der Waals surface area contributed by atoms with Gasteiger partial charge in [0.05, 0.1) is 17.1 Å². The van der Waals surface area contributed by atoms with Crippen LogP contribution in [0.25, 0.3) is 11.3 Å². The number of aromatic nitrogens is 1. The Hall–Kier alpha value is -3.12. The fourth-order valence-electron chi connectivity index (χ4n) is 3.77. The minimum absolute atomic E-state index is 0.00899. The van der Waals surface area contributed by atoms with Crippen LogP contribution in [0.3, 0.4) is 0 Å². The van der Waals surface area contributed by atoms with E-state index in [2.05, 4.69) is 10.3 Å². The minimum atomic E-state index is -0.202. The topological polar surface area (TPSA) is 75.4 Å². The number of hydrogen-bond donors (Lipinski definition) is 1. The SMILES string of the molecule is O=C(Nc1ccccc1)C1CCCN(C(=O)CCc2ncc(-c3ccccc3Cl)o2)C1. The van der Waals surface area contributed by atoms with Gasteiger partial charge in [-0.2, -0.15) is 0 Å². The van der Waals surface area contributed by atoms with Gasteiger partial charge in [-0.15, -0.1) is 0 Å². The molecule has 31 heavy (non-hydrogen) atoms. The van der Waals surface area contributed by atoms with Gasteiger partial charge in [-0.1, -0.05) is 41.9 Å². The number of nitrogens with zero attached hydrogens (tertiary/aromatic N) is 2. The molecule has 0 radical (unpaired) electrons. The number of rotatable bonds is 6. The molecule has 1 N–H and O–H groups in total. The van der Waals surface area contributed by atoms with Crippen molar-refractivity contribution in [3.05, 3.63) is 71.7 Å². The highest BCUT2D eigenvalue weighted by atomic mass is 35.5. The summed E-state index contributed by atoms with van der Waals surface area (Å²) in [4.78, 5) is 31.4. The van der Waals surface area contributed by atoms with E-state index in [1.54, 1.807) is 17.2 Å². The molecule has 7 heteroatoms. The van der Waals surface area contributed by atoms with Gasteiger partial charge in [0.1, 0.15) is 0 Å². The van der Waals surface area contributed by atoms with E-state index < -0.39 is 0 Å². The molecule has 160 valence electrons. The molecule has 0 aliphatic carbocycles. The first-order valence-electron chi connectivity index (χ1n) is 10.4. The third-order valence-corrected chi connectivity index (χ3v) is 5.76. The Bertz CT molecular complexity index is 1050. The van der Waals surface area contributed by atoms with E-state index in [9.17, 15) is 9.59 Å². The molecular formula is C24H24ClN3O3. The van der Waals surface area contributed by atoms with E-state index in [0.29, 0.717) is 36.2 Å². The van der Waals surface area contributed by atoms with Gasteiger partial charge in [-0.3, -0.25) is 9.59 Å². The number of anilines is 1. The highest BCUT2D eigenvalue weighted by Gasteiger charge is 2.28. The van der Waals surface area contributed by atoms with Gasteiger partial charge in [0.25, 0.3) is 0 Å². The normalized spacial score (nSPS) is 16.2. The Morgan fingerprint density at radius 2 is 1.90 bits per heavy atom. The largest absolute Gasteiger partial charge is 0.441 e. The molecule has 2 amide bonds. The molecule has 0 saturated carbocycles. The summed E-state index contributed by atoms with van der Waals surface area (Å²) in [5.74, 6) is 0.851. The number of carbonyl (C=O) groups is 2. The van der Waals surface area contributed by atoms with Crippen LogP contribution < -0.4 is 5.32 Å². The summed E-state index contributed by atoms with van der Waals surface area (Å²) >= 11 is 6.21. The molecule has 1 fully saturated rings. The summed E-state index contributed by atoms with van der Waals surface area (Å²) in [6.07, 6.45) is 3.92. The Morgan fingerprint density at radius 3 is 2.71 bits per heavy atom. The van der Waals surface area contributed by atoms with Crippen molar-refractivity contribution in [1.29, 1.82) is 0 Å². The summed E-state index contributed by atoms with van der Waals surface area (Å²) in [5.41, 5.74) is 1.55. The molecule has 3 aromatic rings. The van der Waals surface area contributed by atoms with E-state index in [-0.39, 0.29) is 24.2 Å². The molecule has 0 bridgehead atoms. The smallest absolute Gasteiger partial charge is 0.229 e. The fourth-order valence-corrected chi connectivity index (χ4v) is 4.00. The average Bonchev–Trinajstić information content (AvgIpc) is 3.27. The van der Waals surface area contributed by atoms with Crippen molar-refractivity contribution in [2.24, 2.45) is 5.92 Å². The highest BCUT2D eigenvalue weighted by Crippen LogP contribution is 2.28. The fraction of sp³-hybridized carbons (Fsp3) is 0.292. The maximum Gasteiger partial charge on any atom is 0.229 e. The zero-order valence-corrected chi connectivity index (χ0v) is 17.8. The summed E-state index contributed by atoms with van der Waals surface area (Å²) in [5, 5.41) is 3.53. The summed E-state index contributed by atoms with van der Waals surface area (Å²) < 4.78 is 5.78. The Morgan fingerprint density at radius 1 is 1.13 bits per heavy atom. The molecule has 1 atom stereocenters. The number of carbonyl (C=O) groups excluding carboxylic acids is 2. The van der Waals surface area contributed by atoms with Crippen LogP contribution in [0, 0.1) is 5.92 Å². The second-order valence-electron chi connectivity index (χ2n) is 7.63. The van der Waals surface area contributed by atoms with Crippen LogP contribution in [0.1, 0.15) is 25.2 Å². The third-order valence-electron chi connectivity index (χ3n) is 5.43. The van der Waals surface area contributed by atoms with Gasteiger partial charge in [0, 0.05) is 37.2 Å². The van der Waals surface area contributed by atoms with Crippen molar-refractivity contribution < 1.29 is 14.0 Å². The van der Waals surface area contributed by atoms with Gasteiger partial charge in [0.15, 0.2) is 11.7 Å². The minimum Gasteiger partial charge on any atom is -0.441 e. The molecule has 0 spiro atoms. The second-order valence-corrected chi connectivity index (χ2v) is 8.04. The number of piperidine rings is 1. The van der Waals surface area contributed by atoms with Crippen LogP contribution in [-0.4, -0.2) is 34.8 Å². The van der Waals surface area contributed by atoms with Crippen LogP contribution in [0.4, 0.5) is 5.69 Å². The first kappa shape index (κ1) is 21.1. The number of oxazole rings is 1. The van der Waals surface area contributed by atoms with Crippen molar-refractivity contribution in [2.45, 2.75) is 25.7 Å². The number of amides is 2. The average molecular weight is 438 g/mol. The van der Waals surface area contributed by atoms with Gasteiger partial charge in [-0.25, -0.2) is 4.98 Å². The lowest BCUT2D eigenvalue weighted by Crippen LogP contribution is -2.43. The number of halogens is 1. The number of nitrogens with one attached hydrogen (secondary N) is 1. The van der Waals surface area contributed by atoms with Crippen molar-refractivity contribution >= 4 is 29.1 Å². The molecule has 1 aliphatic rings. The number of aryl methyl sites for hydroxylation is 1. The van der Waals surface area contributed by atoms with Crippen LogP contribution in [-0.2, 0) is 16.0 Å². The van der Waals surface area contributed by atoms with E-state index in [1.807, 2.05) is 48.5 Å². The second kappa shape index (κ2) is 9.79. The van der Waals surface area contributed by atoms with Crippen molar-refractivity contribution in [3.63, 3.8) is 0 Å². The molecule has 1 saturated heterocycles. The summed E-state index contributed by atoms with van der Waals surface area (Å²) in [7, 11) is 0. The zero-order valence-electron chi connectivity index (χ0n) is 17.1. The maximum atomic E-state index is 12.7. The van der Waals surface area contributed by atoms with Crippen molar-refractivity contribution in [3.8, 4) is 11.3 Å². The standard InChI is InChI=1S/C24H24ClN3O3/c25-20-11-5-4-10-19(20)21-15-26-22(31-21)12-13-23(29)28-14-6-7-17(16-28)24(30)27-18-8-2-1-3-9-18/h1-5,8-11,15,17H,6-7,12-14,16H2,(H,27,30). The lowest BCUT2D eigenvalue weighted by Gasteiger charge is -2.32. The van der Waals surface area contributed by atoms with E-state index in [0.717, 1.165) is 24.1 Å². The Balaban J connectivity index is 1.31. The van der Waals surface area contributed by atoms with Crippen molar-refractivity contribution in [2.75, 3.05) is 18.4 Å². The molecular weight excluding hydrogens is 414 g/mol. The predicted octanol–water partition coefficient (Wildman–Crippen LogP) is 4.80. The molecule has 1 aromatic heterocycles. The molecule has 1 unspecified atom stereocenters. The predicted molar refractivity (Wildman–Crippen MR) is 120 cm³/mol. The summed E-state index contributed by atoms with van der Waals surface area (Å²) in [6, 6.07) is 16.8. The lowest BCUT2D eigenvalue weighted by molar-refractivity contribution is -0.134. The molecule has 1 aliphatic heterocycles. The number of para-hydroxylation sites is 1. The van der Waals surface area contributed by atoms with Gasteiger partial charge in [0.2, 0.25) is 11.8 Å². The molecule has 4 rings (SSSR count). The Labute approximate surface area is 186 Å². The molecule has 2 aromatic carbocycles. The quantitative estimate of drug-likeness (QED) is 0.600. The Kier molecular flexibility index (Phi) is 6.67. The molecule has 6 nitrogen and oxygen atoms in total. The van der Waals surface area contributed by atoms with E-state index in [4.69, 9.17) is 16.0 Å². The summed E-state index contributed by atoms with van der Waals surface area (Å²) in [6.45, 7) is 1.11. The monoisotopic (exact) mass is 437 g/mol. The van der Waals surface area contributed by atoms with E-state index in [1.165, 1.54) is 0 Å². The van der Waals surface area contributed by atoms with Gasteiger partial charge < -0.3 is 14.6 Å². The van der Waals surface area contributed by atoms with Gasteiger partial charge >= 0.3 is 0 Å². The third kappa shape index (κ3) is 5.33. The van der Waals surface area contributed by atoms with Crippen LogP contribution in [0.5, 0.6) is 0 Å².